The van der Waals surface area contributed by atoms with Crippen molar-refractivity contribution in [3.63, 3.8) is 0 Å². The molecule has 8 nitrogen and oxygen atoms in total. The van der Waals surface area contributed by atoms with Crippen molar-refractivity contribution in [3.8, 4) is 17.2 Å². The molecule has 0 unspecified atom stereocenters. The molecule has 2 aromatic carbocycles. The molecule has 1 amide bonds. The number of ether oxygens (including phenoxy) is 2. The smallest absolute Gasteiger partial charge is 0.340 e. The van der Waals surface area contributed by atoms with E-state index < -0.39 is 11.9 Å². The summed E-state index contributed by atoms with van der Waals surface area (Å²) in [5, 5.41) is 21.9. The minimum absolute atomic E-state index is 0.0748. The van der Waals surface area contributed by atoms with Gasteiger partial charge in [-0.3, -0.25) is 4.79 Å². The molecule has 1 saturated heterocycles. The van der Waals surface area contributed by atoms with Gasteiger partial charge in [-0.15, -0.1) is 0 Å². The minimum Gasteiger partial charge on any atom is -0.508 e. The van der Waals surface area contributed by atoms with Gasteiger partial charge in [-0.2, -0.15) is 0 Å². The van der Waals surface area contributed by atoms with Crippen molar-refractivity contribution in [1.29, 1.82) is 0 Å². The van der Waals surface area contributed by atoms with Crippen LogP contribution in [0.3, 0.4) is 0 Å². The maximum Gasteiger partial charge on any atom is 0.340 e. The first-order valence-corrected chi connectivity index (χ1v) is 8.81. The first-order chi connectivity index (χ1) is 13.4. The lowest BCUT2D eigenvalue weighted by Gasteiger charge is -2.12. The normalized spacial score (nSPS) is 16.3. The van der Waals surface area contributed by atoms with Crippen molar-refractivity contribution in [1.82, 2.24) is 5.32 Å². The largest absolute Gasteiger partial charge is 0.508 e. The molecule has 3 rings (SSSR count). The summed E-state index contributed by atoms with van der Waals surface area (Å²) < 4.78 is 10.3. The number of carboxylic acids is 1. The molecule has 0 radical (unpaired) electrons. The van der Waals surface area contributed by atoms with Crippen LogP contribution < -0.4 is 14.8 Å². The summed E-state index contributed by atoms with van der Waals surface area (Å²) in [6, 6.07) is 9.29. The Morgan fingerprint density at radius 3 is 2.46 bits per heavy atom. The van der Waals surface area contributed by atoms with E-state index in [0.29, 0.717) is 16.4 Å². The van der Waals surface area contributed by atoms with Gasteiger partial charge in [0.1, 0.15) is 11.3 Å². The van der Waals surface area contributed by atoms with E-state index >= 15 is 0 Å². The fourth-order valence-electron chi connectivity index (χ4n) is 2.55. The van der Waals surface area contributed by atoms with Crippen molar-refractivity contribution >= 4 is 40.6 Å². The zero-order valence-corrected chi connectivity index (χ0v) is 15.7. The second-order valence-corrected chi connectivity index (χ2v) is 6.60. The summed E-state index contributed by atoms with van der Waals surface area (Å²) in [6.07, 6.45) is 1.46. The van der Waals surface area contributed by atoms with Gasteiger partial charge in [0.15, 0.2) is 16.7 Å². The Balaban J connectivity index is 1.97. The maximum atomic E-state index is 12.3. The van der Waals surface area contributed by atoms with E-state index in [1.54, 1.807) is 24.3 Å². The molecule has 1 heterocycles. The molecule has 1 fully saturated rings. The molecule has 0 aromatic heterocycles. The number of rotatable bonds is 5. The molecular weight excluding hydrogens is 384 g/mol. The van der Waals surface area contributed by atoms with E-state index in [2.05, 4.69) is 10.3 Å². The fraction of sp³-hybridized carbons (Fsp3) is 0.105. The molecule has 9 heteroatoms. The van der Waals surface area contributed by atoms with Crippen LogP contribution >= 0.6 is 11.8 Å². The quantitative estimate of drug-likeness (QED) is 0.661. The number of hydrogen-bond acceptors (Lipinski definition) is 7. The first kappa shape index (κ1) is 19.3. The molecule has 144 valence electrons. The van der Waals surface area contributed by atoms with Gasteiger partial charge in [0, 0.05) is 0 Å². The van der Waals surface area contributed by atoms with Gasteiger partial charge in [-0.25, -0.2) is 9.79 Å². The average molecular weight is 400 g/mol. The summed E-state index contributed by atoms with van der Waals surface area (Å²) >= 11 is 1.08. The highest BCUT2D eigenvalue weighted by Gasteiger charge is 2.26. The van der Waals surface area contributed by atoms with Gasteiger partial charge in [0.25, 0.3) is 5.91 Å². The highest BCUT2D eigenvalue weighted by molar-refractivity contribution is 8.18. The molecule has 28 heavy (non-hydrogen) atoms. The van der Waals surface area contributed by atoms with Crippen LogP contribution in [0.5, 0.6) is 17.2 Å². The zero-order chi connectivity index (χ0) is 20.3. The molecule has 0 atom stereocenters. The third-order valence-corrected chi connectivity index (χ3v) is 4.72. The monoisotopic (exact) mass is 400 g/mol. The molecule has 1 aliphatic heterocycles. The molecule has 0 saturated carbocycles. The second-order valence-electron chi connectivity index (χ2n) is 5.57. The van der Waals surface area contributed by atoms with Crippen molar-refractivity contribution in [3.05, 3.63) is 52.4 Å². The third kappa shape index (κ3) is 3.94. The van der Waals surface area contributed by atoms with Gasteiger partial charge in [0.2, 0.25) is 0 Å². The number of carboxylic acid groups (broad SMARTS) is 1. The van der Waals surface area contributed by atoms with E-state index in [4.69, 9.17) is 9.47 Å². The van der Waals surface area contributed by atoms with Gasteiger partial charge < -0.3 is 25.0 Å². The number of nitrogens with one attached hydrogen (secondary N) is 1. The van der Waals surface area contributed by atoms with Crippen LogP contribution in [0.25, 0.3) is 6.08 Å². The number of nitrogens with zero attached hydrogens (tertiary/aromatic N) is 1. The summed E-state index contributed by atoms with van der Waals surface area (Å²) in [4.78, 5) is 28.6. The number of benzene rings is 2. The summed E-state index contributed by atoms with van der Waals surface area (Å²) in [5.41, 5.74) is 0.750. The summed E-state index contributed by atoms with van der Waals surface area (Å²) in [7, 11) is 2.76. The number of amidine groups is 1. The average Bonchev–Trinajstić information content (AvgIpc) is 3.01. The SMILES string of the molecule is COc1ccc(/C=C2/SC(=Nc3ccc(O)cc3)NC2=O)c(C(=O)O)c1OC. The minimum atomic E-state index is -1.20. The first-order valence-electron chi connectivity index (χ1n) is 8.00. The number of aromatic hydroxyl groups is 1. The Kier molecular flexibility index (Phi) is 5.55. The number of carbonyl (C=O) groups is 2. The third-order valence-electron chi connectivity index (χ3n) is 3.81. The number of aliphatic imine (C=N–C) groups is 1. The maximum absolute atomic E-state index is 12.3. The number of thioether (sulfide) groups is 1. The van der Waals surface area contributed by atoms with E-state index in [-0.39, 0.29) is 27.7 Å². The van der Waals surface area contributed by atoms with Crippen molar-refractivity contribution < 1.29 is 29.3 Å². The summed E-state index contributed by atoms with van der Waals surface area (Å²) in [5.74, 6) is -1.13. The van der Waals surface area contributed by atoms with Crippen molar-refractivity contribution in [2.75, 3.05) is 14.2 Å². The van der Waals surface area contributed by atoms with Crippen LogP contribution in [-0.4, -0.2) is 41.5 Å². The Hall–Kier alpha value is -3.46. The Morgan fingerprint density at radius 2 is 1.86 bits per heavy atom. The van der Waals surface area contributed by atoms with E-state index in [1.165, 1.54) is 32.4 Å². The van der Waals surface area contributed by atoms with Crippen LogP contribution in [-0.2, 0) is 4.79 Å². The van der Waals surface area contributed by atoms with Crippen LogP contribution in [0.1, 0.15) is 15.9 Å². The van der Waals surface area contributed by atoms with E-state index in [1.807, 2.05) is 0 Å². The van der Waals surface area contributed by atoms with E-state index in [0.717, 1.165) is 11.8 Å². The molecule has 0 aliphatic carbocycles. The highest BCUT2D eigenvalue weighted by Crippen LogP contribution is 2.36. The predicted octanol–water partition coefficient (Wildman–Crippen LogP) is 3.00. The van der Waals surface area contributed by atoms with Gasteiger partial charge >= 0.3 is 5.97 Å². The molecule has 1 aliphatic rings. The zero-order valence-electron chi connectivity index (χ0n) is 14.9. The van der Waals surface area contributed by atoms with Crippen molar-refractivity contribution in [2.45, 2.75) is 0 Å². The fourth-order valence-corrected chi connectivity index (χ4v) is 3.38. The predicted molar refractivity (Wildman–Crippen MR) is 105 cm³/mol. The second kappa shape index (κ2) is 8.05. The number of methoxy groups -OCH3 is 2. The van der Waals surface area contributed by atoms with Crippen LogP contribution in [0.4, 0.5) is 5.69 Å². The summed E-state index contributed by atoms with van der Waals surface area (Å²) in [6.45, 7) is 0. The lowest BCUT2D eigenvalue weighted by atomic mass is 10.0. The molecule has 0 bridgehead atoms. The molecule has 0 spiro atoms. The Morgan fingerprint density at radius 1 is 1.14 bits per heavy atom. The lowest BCUT2D eigenvalue weighted by molar-refractivity contribution is -0.115. The number of phenols is 1. The number of hydrogen-bond donors (Lipinski definition) is 3. The standard InChI is InChI=1S/C19H16N2O6S/c1-26-13-8-3-10(15(18(24)25)16(13)27-2)9-14-17(23)21-19(28-14)20-11-4-6-12(22)7-5-11/h3-9,22H,1-2H3,(H,24,25)(H,20,21,23)/b14-9+. The molecule has 3 N–H and O–H groups in total. The number of phenolic OH excluding ortho intramolecular Hbond substituents is 1. The lowest BCUT2D eigenvalue weighted by Crippen LogP contribution is -2.19. The van der Waals surface area contributed by atoms with Crippen LogP contribution in [0, 0.1) is 0 Å². The molecular formula is C19H16N2O6S. The number of carbonyl (C=O) groups excluding carboxylic acids is 1. The van der Waals surface area contributed by atoms with E-state index in [9.17, 15) is 19.8 Å². The Bertz CT molecular complexity index is 998. The topological polar surface area (TPSA) is 117 Å². The number of aromatic carboxylic acids is 1. The number of amides is 1. The van der Waals surface area contributed by atoms with Gasteiger partial charge in [-0.05, 0) is 53.7 Å². The van der Waals surface area contributed by atoms with Crippen LogP contribution in [0.2, 0.25) is 0 Å². The van der Waals surface area contributed by atoms with Crippen molar-refractivity contribution in [2.24, 2.45) is 4.99 Å². The van der Waals surface area contributed by atoms with Crippen LogP contribution in [0.15, 0.2) is 46.3 Å². The molecule has 2 aromatic rings. The van der Waals surface area contributed by atoms with Gasteiger partial charge in [-0.1, -0.05) is 6.07 Å². The van der Waals surface area contributed by atoms with Gasteiger partial charge in [0.05, 0.1) is 24.8 Å². The Labute approximate surface area is 164 Å². The highest BCUT2D eigenvalue weighted by atomic mass is 32.2.